The highest BCUT2D eigenvalue weighted by atomic mass is 16.4. The monoisotopic (exact) mass is 275 g/mol. The molecule has 0 heterocycles. The van der Waals surface area contributed by atoms with Crippen LogP contribution in [0.25, 0.3) is 21.9 Å². The van der Waals surface area contributed by atoms with Crippen molar-refractivity contribution in [2.24, 2.45) is 0 Å². The lowest BCUT2D eigenvalue weighted by atomic mass is 9.93. The summed E-state index contributed by atoms with van der Waals surface area (Å²) >= 11 is 0. The normalized spacial score (nSPS) is 13.1. The van der Waals surface area contributed by atoms with Crippen LogP contribution in [0.5, 0.6) is 0 Å². The van der Waals surface area contributed by atoms with Gasteiger partial charge in [-0.15, -0.1) is 0 Å². The quantitative estimate of drug-likeness (QED) is 0.921. The Labute approximate surface area is 122 Å². The van der Waals surface area contributed by atoms with E-state index < -0.39 is 5.97 Å². The van der Waals surface area contributed by atoms with Crippen LogP contribution in [0, 0.1) is 11.3 Å². The standard InChI is InChI=1S/C18H13NO2/c1-2-3-4-14-12-7-8-15-11(9-12)5-6-13(10-19)16(15)17(14)18(20)21/h3-9H,2H2,1H3,(H,20,21). The molecule has 0 amide bonds. The molecule has 0 saturated carbocycles. The average Bonchev–Trinajstić information content (AvgIpc) is 2.69. The molecule has 0 aliphatic heterocycles. The highest BCUT2D eigenvalue weighted by Gasteiger charge is 2.25. The molecular formula is C18H13NO2. The van der Waals surface area contributed by atoms with Gasteiger partial charge in [-0.05, 0) is 40.5 Å². The van der Waals surface area contributed by atoms with Crippen LogP contribution in [0.1, 0.15) is 30.0 Å². The summed E-state index contributed by atoms with van der Waals surface area (Å²) in [6, 6.07) is 11.5. The zero-order valence-electron chi connectivity index (χ0n) is 11.6. The molecule has 0 saturated heterocycles. The summed E-state index contributed by atoms with van der Waals surface area (Å²) in [7, 11) is 0. The largest absolute Gasteiger partial charge is 0.478 e. The molecule has 21 heavy (non-hydrogen) atoms. The Bertz CT molecular complexity index is 867. The SMILES string of the molecule is CCC=CC1=C(C(=O)O)c2c(C#N)ccc3cc1ccc23. The maximum atomic E-state index is 11.8. The molecule has 3 heteroatoms. The smallest absolute Gasteiger partial charge is 0.337 e. The van der Waals surface area contributed by atoms with Crippen LogP contribution in [-0.4, -0.2) is 11.1 Å². The zero-order valence-corrected chi connectivity index (χ0v) is 11.6. The molecule has 0 aromatic heterocycles. The van der Waals surface area contributed by atoms with E-state index >= 15 is 0 Å². The third-order valence-corrected chi connectivity index (χ3v) is 3.70. The first-order valence-electron chi connectivity index (χ1n) is 6.79. The van der Waals surface area contributed by atoms with E-state index in [4.69, 9.17) is 0 Å². The number of aliphatic carboxylic acids is 1. The number of hydrogen-bond acceptors (Lipinski definition) is 2. The number of carboxylic acid groups (broad SMARTS) is 1. The van der Waals surface area contributed by atoms with Crippen LogP contribution in [0.4, 0.5) is 0 Å². The number of nitrogens with zero attached hydrogens (tertiary/aromatic N) is 1. The van der Waals surface area contributed by atoms with Gasteiger partial charge in [-0.1, -0.05) is 37.3 Å². The molecule has 2 aromatic carbocycles. The van der Waals surface area contributed by atoms with Crippen molar-refractivity contribution in [3.63, 3.8) is 0 Å². The lowest BCUT2D eigenvalue weighted by Crippen LogP contribution is -2.03. The number of hydrogen-bond donors (Lipinski definition) is 1. The predicted molar refractivity (Wildman–Crippen MR) is 82.5 cm³/mol. The van der Waals surface area contributed by atoms with Gasteiger partial charge in [0.15, 0.2) is 0 Å². The van der Waals surface area contributed by atoms with Crippen LogP contribution in [-0.2, 0) is 4.79 Å². The average molecular weight is 275 g/mol. The van der Waals surface area contributed by atoms with E-state index in [1.165, 1.54) is 0 Å². The first-order chi connectivity index (χ1) is 10.2. The molecule has 4 rings (SSSR count). The fourth-order valence-electron chi connectivity index (χ4n) is 2.78. The molecule has 0 unspecified atom stereocenters. The van der Waals surface area contributed by atoms with Crippen LogP contribution >= 0.6 is 0 Å². The Morgan fingerprint density at radius 2 is 2.14 bits per heavy atom. The van der Waals surface area contributed by atoms with Crippen molar-refractivity contribution in [2.45, 2.75) is 13.3 Å². The Kier molecular flexibility index (Phi) is 3.08. The van der Waals surface area contributed by atoms with Crippen molar-refractivity contribution in [3.05, 3.63) is 59.2 Å². The molecular weight excluding hydrogens is 262 g/mol. The summed E-state index contributed by atoms with van der Waals surface area (Å²) in [6.45, 7) is 2.00. The second-order valence-corrected chi connectivity index (χ2v) is 4.94. The lowest BCUT2D eigenvalue weighted by Gasteiger charge is -2.08. The first-order valence-corrected chi connectivity index (χ1v) is 6.79. The van der Waals surface area contributed by atoms with Crippen molar-refractivity contribution in [1.29, 1.82) is 5.26 Å². The van der Waals surface area contributed by atoms with Crippen molar-refractivity contribution in [2.75, 3.05) is 0 Å². The number of carbonyl (C=O) groups is 1. The number of fused-ring (bicyclic) bond motifs is 1. The molecule has 1 N–H and O–H groups in total. The number of benzene rings is 2. The minimum absolute atomic E-state index is 0.210. The van der Waals surface area contributed by atoms with E-state index in [0.717, 1.165) is 22.8 Å². The van der Waals surface area contributed by atoms with Gasteiger partial charge in [0.1, 0.15) is 0 Å². The van der Waals surface area contributed by atoms with Crippen LogP contribution < -0.4 is 0 Å². The van der Waals surface area contributed by atoms with E-state index in [1.54, 1.807) is 6.07 Å². The molecule has 2 aliphatic carbocycles. The minimum atomic E-state index is -1.00. The van der Waals surface area contributed by atoms with E-state index in [0.29, 0.717) is 16.7 Å². The molecule has 0 atom stereocenters. The van der Waals surface area contributed by atoms with Crippen molar-refractivity contribution in [1.82, 2.24) is 0 Å². The fourth-order valence-corrected chi connectivity index (χ4v) is 2.78. The second-order valence-electron chi connectivity index (χ2n) is 4.94. The molecule has 2 aromatic rings. The summed E-state index contributed by atoms with van der Waals surface area (Å²) in [5.41, 5.74) is 2.67. The number of allylic oxidation sites excluding steroid dienone is 3. The Morgan fingerprint density at radius 3 is 2.81 bits per heavy atom. The number of rotatable bonds is 3. The third kappa shape index (κ3) is 1.93. The molecule has 4 bridgehead atoms. The first kappa shape index (κ1) is 13.1. The van der Waals surface area contributed by atoms with Gasteiger partial charge in [-0.25, -0.2) is 4.79 Å². The minimum Gasteiger partial charge on any atom is -0.478 e. The van der Waals surface area contributed by atoms with Gasteiger partial charge in [-0.3, -0.25) is 0 Å². The van der Waals surface area contributed by atoms with Crippen LogP contribution in [0.3, 0.4) is 0 Å². The Balaban J connectivity index is 2.49. The van der Waals surface area contributed by atoms with Gasteiger partial charge in [0.2, 0.25) is 0 Å². The van der Waals surface area contributed by atoms with Gasteiger partial charge in [0.25, 0.3) is 0 Å². The topological polar surface area (TPSA) is 61.1 Å². The van der Waals surface area contributed by atoms with Crippen LogP contribution in [0.15, 0.2) is 42.5 Å². The summed E-state index contributed by atoms with van der Waals surface area (Å²) in [6.07, 6.45) is 4.60. The van der Waals surface area contributed by atoms with Gasteiger partial charge >= 0.3 is 5.97 Å². The van der Waals surface area contributed by atoms with Crippen molar-refractivity contribution in [3.8, 4) is 6.07 Å². The van der Waals surface area contributed by atoms with Gasteiger partial charge < -0.3 is 5.11 Å². The molecule has 0 spiro atoms. The van der Waals surface area contributed by atoms with E-state index in [1.807, 2.05) is 43.3 Å². The van der Waals surface area contributed by atoms with Crippen molar-refractivity contribution >= 4 is 27.9 Å². The van der Waals surface area contributed by atoms with E-state index in [-0.39, 0.29) is 5.57 Å². The summed E-state index contributed by atoms with van der Waals surface area (Å²) in [5, 5.41) is 20.8. The Morgan fingerprint density at radius 1 is 1.33 bits per heavy atom. The highest BCUT2D eigenvalue weighted by molar-refractivity contribution is 6.30. The molecule has 3 nitrogen and oxygen atoms in total. The molecule has 102 valence electrons. The van der Waals surface area contributed by atoms with Gasteiger partial charge in [0, 0.05) is 5.56 Å². The molecule has 0 radical (unpaired) electrons. The second kappa shape index (κ2) is 4.92. The van der Waals surface area contributed by atoms with E-state index in [2.05, 4.69) is 6.07 Å². The maximum Gasteiger partial charge on any atom is 0.337 e. The maximum absolute atomic E-state index is 11.8. The highest BCUT2D eigenvalue weighted by Crippen LogP contribution is 2.39. The number of carboxylic acids is 1. The van der Waals surface area contributed by atoms with Crippen LogP contribution in [0.2, 0.25) is 0 Å². The Hall–Kier alpha value is -2.86. The molecule has 2 aliphatic rings. The summed E-state index contributed by atoms with van der Waals surface area (Å²) in [5.74, 6) is -1.00. The third-order valence-electron chi connectivity index (χ3n) is 3.70. The summed E-state index contributed by atoms with van der Waals surface area (Å²) < 4.78 is 0. The number of nitriles is 1. The molecule has 0 fully saturated rings. The van der Waals surface area contributed by atoms with Gasteiger partial charge in [-0.2, -0.15) is 5.26 Å². The van der Waals surface area contributed by atoms with E-state index in [9.17, 15) is 15.2 Å². The summed E-state index contributed by atoms with van der Waals surface area (Å²) in [4.78, 5) is 11.8. The van der Waals surface area contributed by atoms with Crippen molar-refractivity contribution < 1.29 is 9.90 Å². The fraction of sp³-hybridized carbons (Fsp3) is 0.111. The van der Waals surface area contributed by atoms with Gasteiger partial charge in [0.05, 0.1) is 17.2 Å². The lowest BCUT2D eigenvalue weighted by molar-refractivity contribution is -0.130. The zero-order chi connectivity index (χ0) is 15.0. The predicted octanol–water partition coefficient (Wildman–Crippen LogP) is 3.99.